The largest absolute Gasteiger partial charge is 0.367 e. The topological polar surface area (TPSA) is 79.8 Å². The van der Waals surface area contributed by atoms with Gasteiger partial charge in [0.1, 0.15) is 5.56 Å². The second kappa shape index (κ2) is 4.87. The minimum atomic E-state index is -0.431. The van der Waals surface area contributed by atoms with Gasteiger partial charge in [0.15, 0.2) is 5.43 Å². The molecule has 94 valence electrons. The lowest BCUT2D eigenvalue weighted by molar-refractivity contribution is 0.102. The molecule has 2 N–H and O–H groups in total. The molecule has 0 saturated carbocycles. The van der Waals surface area contributed by atoms with Crippen molar-refractivity contribution < 1.29 is 4.79 Å². The summed E-state index contributed by atoms with van der Waals surface area (Å²) >= 11 is 0. The van der Waals surface area contributed by atoms with Crippen LogP contribution < -0.4 is 10.7 Å². The van der Waals surface area contributed by atoms with E-state index in [4.69, 9.17) is 0 Å². The number of carbonyl (C=O) groups excluding carboxylic acids is 1. The monoisotopic (exact) mass is 246 g/mol. The normalized spacial score (nSPS) is 10.3. The van der Waals surface area contributed by atoms with E-state index in [9.17, 15) is 9.59 Å². The van der Waals surface area contributed by atoms with Crippen LogP contribution in [0.25, 0.3) is 0 Å². The number of anilines is 1. The van der Waals surface area contributed by atoms with Gasteiger partial charge in [-0.1, -0.05) is 6.92 Å². The van der Waals surface area contributed by atoms with Gasteiger partial charge in [0, 0.05) is 31.7 Å². The molecule has 1 amide bonds. The Morgan fingerprint density at radius 1 is 1.56 bits per heavy atom. The zero-order chi connectivity index (χ0) is 13.1. The van der Waals surface area contributed by atoms with Gasteiger partial charge in [-0.3, -0.25) is 14.3 Å². The molecule has 0 atom stereocenters. The lowest BCUT2D eigenvalue weighted by atomic mass is 10.2. The van der Waals surface area contributed by atoms with Crippen LogP contribution in [-0.2, 0) is 13.5 Å². The number of hydrogen-bond acceptors (Lipinski definition) is 3. The Bertz CT molecular complexity index is 627. The first-order valence-electron chi connectivity index (χ1n) is 5.62. The molecule has 18 heavy (non-hydrogen) atoms. The van der Waals surface area contributed by atoms with E-state index in [1.807, 2.05) is 6.92 Å². The Labute approximate surface area is 104 Å². The van der Waals surface area contributed by atoms with Crippen LogP contribution >= 0.6 is 0 Å². The Kier molecular flexibility index (Phi) is 3.27. The number of hydrogen-bond donors (Lipinski definition) is 2. The molecule has 2 rings (SSSR count). The summed E-state index contributed by atoms with van der Waals surface area (Å²) in [5.74, 6) is -0.431. The molecule has 6 heteroatoms. The summed E-state index contributed by atoms with van der Waals surface area (Å²) in [6.07, 6.45) is 5.30. The highest BCUT2D eigenvalue weighted by Crippen LogP contribution is 2.14. The van der Waals surface area contributed by atoms with E-state index in [0.29, 0.717) is 12.1 Å². The first-order valence-corrected chi connectivity index (χ1v) is 5.62. The van der Waals surface area contributed by atoms with E-state index in [0.717, 1.165) is 5.69 Å². The Morgan fingerprint density at radius 2 is 2.33 bits per heavy atom. The maximum Gasteiger partial charge on any atom is 0.261 e. The van der Waals surface area contributed by atoms with Crippen LogP contribution in [0.2, 0.25) is 0 Å². The van der Waals surface area contributed by atoms with Gasteiger partial charge in [-0.05, 0) is 6.42 Å². The first kappa shape index (κ1) is 12.1. The van der Waals surface area contributed by atoms with E-state index in [-0.39, 0.29) is 11.0 Å². The maximum atomic E-state index is 11.9. The molecule has 0 fully saturated rings. The third-order valence-corrected chi connectivity index (χ3v) is 2.56. The molecule has 6 nitrogen and oxygen atoms in total. The molecule has 0 saturated heterocycles. The highest BCUT2D eigenvalue weighted by molar-refractivity contribution is 6.04. The number of nitrogens with zero attached hydrogens (tertiary/aromatic N) is 2. The van der Waals surface area contributed by atoms with Crippen molar-refractivity contribution in [3.05, 3.63) is 46.1 Å². The summed E-state index contributed by atoms with van der Waals surface area (Å²) in [7, 11) is 1.78. The predicted molar refractivity (Wildman–Crippen MR) is 67.6 cm³/mol. The lowest BCUT2D eigenvalue weighted by Gasteiger charge is -2.03. The summed E-state index contributed by atoms with van der Waals surface area (Å²) in [5, 5.41) is 6.91. The van der Waals surface area contributed by atoms with E-state index in [1.54, 1.807) is 17.9 Å². The van der Waals surface area contributed by atoms with Gasteiger partial charge in [0.05, 0.1) is 11.4 Å². The highest BCUT2D eigenvalue weighted by Gasteiger charge is 2.13. The molecule has 0 radical (unpaired) electrons. The Hall–Kier alpha value is -2.37. The molecule has 0 spiro atoms. The van der Waals surface area contributed by atoms with Crippen molar-refractivity contribution in [1.82, 2.24) is 14.8 Å². The Morgan fingerprint density at radius 3 is 3.00 bits per heavy atom. The number of carbonyl (C=O) groups is 1. The van der Waals surface area contributed by atoms with E-state index < -0.39 is 5.91 Å². The molecule has 0 aliphatic heterocycles. The van der Waals surface area contributed by atoms with Crippen molar-refractivity contribution in [2.45, 2.75) is 13.3 Å². The van der Waals surface area contributed by atoms with Gasteiger partial charge in [-0.25, -0.2) is 0 Å². The second-order valence-corrected chi connectivity index (χ2v) is 3.89. The van der Waals surface area contributed by atoms with Crippen LogP contribution in [0.3, 0.4) is 0 Å². The smallest absolute Gasteiger partial charge is 0.261 e. The van der Waals surface area contributed by atoms with Crippen LogP contribution in [0.15, 0.2) is 29.5 Å². The quantitative estimate of drug-likeness (QED) is 0.845. The average Bonchev–Trinajstić information content (AvgIpc) is 2.70. The summed E-state index contributed by atoms with van der Waals surface area (Å²) in [6.45, 7) is 1.95. The summed E-state index contributed by atoms with van der Waals surface area (Å²) in [5.41, 5.74) is 1.20. The van der Waals surface area contributed by atoms with Crippen LogP contribution in [-0.4, -0.2) is 20.7 Å². The van der Waals surface area contributed by atoms with Gasteiger partial charge in [-0.15, -0.1) is 0 Å². The molecule has 0 aliphatic rings. The maximum absolute atomic E-state index is 11.9. The van der Waals surface area contributed by atoms with Gasteiger partial charge in [-0.2, -0.15) is 5.10 Å². The standard InChI is InChI=1S/C12H14N4O2/c1-3-9-10(7-16(2)15-9)14-12(18)8-6-13-5-4-11(8)17/h4-7H,3H2,1-2H3,(H,13,17)(H,14,18). The van der Waals surface area contributed by atoms with Crippen molar-refractivity contribution in [3.63, 3.8) is 0 Å². The average molecular weight is 246 g/mol. The molecule has 0 aliphatic carbocycles. The minimum absolute atomic E-state index is 0.0865. The zero-order valence-corrected chi connectivity index (χ0v) is 10.2. The number of pyridine rings is 1. The SMILES string of the molecule is CCc1nn(C)cc1NC(=O)c1c[nH]ccc1=O. The Balaban J connectivity index is 2.27. The number of rotatable bonds is 3. The fourth-order valence-electron chi connectivity index (χ4n) is 1.68. The molecular formula is C12H14N4O2. The fraction of sp³-hybridized carbons (Fsp3) is 0.250. The van der Waals surface area contributed by atoms with Crippen LogP contribution in [0.5, 0.6) is 0 Å². The van der Waals surface area contributed by atoms with Crippen molar-refractivity contribution in [2.24, 2.45) is 7.05 Å². The van der Waals surface area contributed by atoms with E-state index in [2.05, 4.69) is 15.4 Å². The van der Waals surface area contributed by atoms with Crippen molar-refractivity contribution >= 4 is 11.6 Å². The van der Waals surface area contributed by atoms with Gasteiger partial charge in [0.25, 0.3) is 5.91 Å². The summed E-state index contributed by atoms with van der Waals surface area (Å²) in [6, 6.07) is 1.32. The number of H-pyrrole nitrogens is 1. The van der Waals surface area contributed by atoms with Gasteiger partial charge >= 0.3 is 0 Å². The van der Waals surface area contributed by atoms with Gasteiger partial charge < -0.3 is 10.3 Å². The molecule has 0 unspecified atom stereocenters. The van der Waals surface area contributed by atoms with Crippen LogP contribution in [0, 0.1) is 0 Å². The third kappa shape index (κ3) is 2.32. The molecule has 2 aromatic heterocycles. The molecule has 0 bridgehead atoms. The lowest BCUT2D eigenvalue weighted by Crippen LogP contribution is -2.21. The predicted octanol–water partition coefficient (Wildman–Crippen LogP) is 0.923. The molecule has 0 aromatic carbocycles. The van der Waals surface area contributed by atoms with Crippen molar-refractivity contribution in [2.75, 3.05) is 5.32 Å². The second-order valence-electron chi connectivity index (χ2n) is 3.89. The van der Waals surface area contributed by atoms with Crippen molar-refractivity contribution in [1.29, 1.82) is 0 Å². The van der Waals surface area contributed by atoms with Gasteiger partial charge in [0.2, 0.25) is 0 Å². The third-order valence-electron chi connectivity index (χ3n) is 2.56. The number of aryl methyl sites for hydroxylation is 2. The number of nitrogens with one attached hydrogen (secondary N) is 2. The van der Waals surface area contributed by atoms with Crippen LogP contribution in [0.1, 0.15) is 23.0 Å². The molecule has 2 aromatic rings. The molecule has 2 heterocycles. The number of amides is 1. The highest BCUT2D eigenvalue weighted by atomic mass is 16.2. The first-order chi connectivity index (χ1) is 8.61. The van der Waals surface area contributed by atoms with E-state index >= 15 is 0 Å². The summed E-state index contributed by atoms with van der Waals surface area (Å²) in [4.78, 5) is 26.2. The fourth-order valence-corrected chi connectivity index (χ4v) is 1.68. The summed E-state index contributed by atoms with van der Waals surface area (Å²) < 4.78 is 1.63. The van der Waals surface area contributed by atoms with Crippen molar-refractivity contribution in [3.8, 4) is 0 Å². The van der Waals surface area contributed by atoms with E-state index in [1.165, 1.54) is 18.5 Å². The zero-order valence-electron chi connectivity index (χ0n) is 10.2. The van der Waals surface area contributed by atoms with Crippen LogP contribution in [0.4, 0.5) is 5.69 Å². The number of aromatic amines is 1. The number of aromatic nitrogens is 3. The minimum Gasteiger partial charge on any atom is -0.367 e. The molecular weight excluding hydrogens is 232 g/mol.